The molecule has 0 bridgehead atoms. The average Bonchev–Trinajstić information content (AvgIpc) is 3.28. The fourth-order valence-corrected chi connectivity index (χ4v) is 4.51. The van der Waals surface area contributed by atoms with Gasteiger partial charge in [0.15, 0.2) is 0 Å². The number of rotatable bonds is 5. The topological polar surface area (TPSA) is 69.6 Å². The van der Waals surface area contributed by atoms with E-state index in [9.17, 15) is 9.90 Å². The van der Waals surface area contributed by atoms with Crippen LogP contribution in [0.25, 0.3) is 10.9 Å². The number of carbonyl (C=O) groups excluding carboxylic acids is 1. The summed E-state index contributed by atoms with van der Waals surface area (Å²) in [5.41, 5.74) is 2.37. The number of likely N-dealkylation sites (tertiary alicyclic amines) is 1. The molecule has 2 aromatic heterocycles. The Kier molecular flexibility index (Phi) is 5.39. The first kappa shape index (κ1) is 19.0. The Morgan fingerprint density at radius 3 is 2.86 bits per heavy atom. The maximum Gasteiger partial charge on any atom is 0.273 e. The number of amides is 1. The van der Waals surface area contributed by atoms with Crippen molar-refractivity contribution in [3.8, 4) is 0 Å². The normalized spacial score (nSPS) is 19.6. The van der Waals surface area contributed by atoms with Gasteiger partial charge >= 0.3 is 0 Å². The maximum atomic E-state index is 12.8. The van der Waals surface area contributed by atoms with Crippen LogP contribution in [0.15, 0.2) is 41.8 Å². The summed E-state index contributed by atoms with van der Waals surface area (Å²) in [5, 5.41) is 14.3. The van der Waals surface area contributed by atoms with Crippen LogP contribution in [0.4, 0.5) is 0 Å². The third kappa shape index (κ3) is 4.06. The van der Waals surface area contributed by atoms with Crippen molar-refractivity contribution in [2.24, 2.45) is 5.92 Å². The predicted molar refractivity (Wildman–Crippen MR) is 110 cm³/mol. The van der Waals surface area contributed by atoms with Crippen molar-refractivity contribution in [3.05, 3.63) is 58.2 Å². The van der Waals surface area contributed by atoms with Gasteiger partial charge in [-0.2, -0.15) is 0 Å². The standard InChI is InChI=1S/C21H24N4O2S/c1-24(2)12-20-23-18(13-28-20)21(27)25-10-15(19(26)11-25)9-16-8-7-14-5-3-4-6-17(14)22-16/h3-8,13,15,19,26H,9-12H2,1-2H3/t15-,19-/m1/s1. The van der Waals surface area contributed by atoms with Crippen molar-refractivity contribution in [2.45, 2.75) is 19.1 Å². The molecular formula is C21H24N4O2S. The monoisotopic (exact) mass is 396 g/mol. The van der Waals surface area contributed by atoms with E-state index >= 15 is 0 Å². The minimum absolute atomic E-state index is 0.0162. The molecule has 1 saturated heterocycles. The van der Waals surface area contributed by atoms with Crippen LogP contribution in [0.5, 0.6) is 0 Å². The Bertz CT molecular complexity index is 987. The van der Waals surface area contributed by atoms with Gasteiger partial charge in [-0.3, -0.25) is 9.78 Å². The molecule has 0 radical (unpaired) electrons. The van der Waals surface area contributed by atoms with Crippen molar-refractivity contribution in [1.29, 1.82) is 0 Å². The van der Waals surface area contributed by atoms with Crippen LogP contribution in [0, 0.1) is 5.92 Å². The molecular weight excluding hydrogens is 372 g/mol. The van der Waals surface area contributed by atoms with Gasteiger partial charge in [-0.15, -0.1) is 11.3 Å². The van der Waals surface area contributed by atoms with Crippen LogP contribution in [0.3, 0.4) is 0 Å². The summed E-state index contributed by atoms with van der Waals surface area (Å²) >= 11 is 1.50. The van der Waals surface area contributed by atoms with Gasteiger partial charge in [0.2, 0.25) is 0 Å². The fourth-order valence-electron chi connectivity index (χ4n) is 3.63. The average molecular weight is 397 g/mol. The number of aromatic nitrogens is 2. The Labute approximate surface area is 168 Å². The van der Waals surface area contributed by atoms with Crippen LogP contribution in [0.2, 0.25) is 0 Å². The number of pyridine rings is 1. The van der Waals surface area contributed by atoms with Crippen LogP contribution >= 0.6 is 11.3 Å². The summed E-state index contributed by atoms with van der Waals surface area (Å²) in [7, 11) is 3.95. The Hall–Kier alpha value is -2.35. The second kappa shape index (κ2) is 7.95. The number of carbonyl (C=O) groups is 1. The number of hydrogen-bond acceptors (Lipinski definition) is 6. The smallest absolute Gasteiger partial charge is 0.273 e. The number of β-amino-alcohol motifs (C(OH)–C–C–N with tert-alkyl or cyclic N) is 1. The molecule has 1 aliphatic rings. The van der Waals surface area contributed by atoms with Gasteiger partial charge in [-0.1, -0.05) is 24.3 Å². The van der Waals surface area contributed by atoms with E-state index in [1.54, 1.807) is 4.90 Å². The molecule has 3 heterocycles. The predicted octanol–water partition coefficient (Wildman–Crippen LogP) is 2.43. The van der Waals surface area contributed by atoms with Gasteiger partial charge in [-0.05, 0) is 32.6 Å². The van der Waals surface area contributed by atoms with E-state index in [0.29, 0.717) is 25.2 Å². The van der Waals surface area contributed by atoms with E-state index in [2.05, 4.69) is 11.1 Å². The van der Waals surface area contributed by atoms with Gasteiger partial charge in [0.25, 0.3) is 5.91 Å². The van der Waals surface area contributed by atoms with Crippen molar-refractivity contribution in [1.82, 2.24) is 19.8 Å². The first-order valence-corrected chi connectivity index (χ1v) is 10.3. The van der Waals surface area contributed by atoms with Gasteiger partial charge in [-0.25, -0.2) is 4.98 Å². The lowest BCUT2D eigenvalue weighted by Gasteiger charge is -2.15. The number of thiazole rings is 1. The largest absolute Gasteiger partial charge is 0.391 e. The van der Waals surface area contributed by atoms with E-state index in [4.69, 9.17) is 4.98 Å². The molecule has 4 rings (SSSR count). The van der Waals surface area contributed by atoms with Crippen molar-refractivity contribution in [3.63, 3.8) is 0 Å². The molecule has 0 unspecified atom stereocenters. The van der Waals surface area contributed by atoms with Gasteiger partial charge in [0.05, 0.1) is 11.6 Å². The van der Waals surface area contributed by atoms with Gasteiger partial charge in [0.1, 0.15) is 10.7 Å². The number of para-hydroxylation sites is 1. The highest BCUT2D eigenvalue weighted by molar-refractivity contribution is 7.09. The lowest BCUT2D eigenvalue weighted by Crippen LogP contribution is -2.30. The zero-order valence-electron chi connectivity index (χ0n) is 16.1. The Morgan fingerprint density at radius 1 is 1.21 bits per heavy atom. The Morgan fingerprint density at radius 2 is 2.04 bits per heavy atom. The molecule has 6 nitrogen and oxygen atoms in total. The third-order valence-corrected chi connectivity index (χ3v) is 5.88. The molecule has 1 fully saturated rings. The summed E-state index contributed by atoms with van der Waals surface area (Å²) in [6, 6.07) is 12.1. The summed E-state index contributed by atoms with van der Waals surface area (Å²) in [6.45, 7) is 1.59. The molecule has 146 valence electrons. The van der Waals surface area contributed by atoms with Crippen LogP contribution in [-0.2, 0) is 13.0 Å². The second-order valence-corrected chi connectivity index (χ2v) is 8.54. The number of benzene rings is 1. The number of aliphatic hydroxyl groups excluding tert-OH is 1. The minimum Gasteiger partial charge on any atom is -0.391 e. The number of hydrogen-bond donors (Lipinski definition) is 1. The highest BCUT2D eigenvalue weighted by Gasteiger charge is 2.35. The van der Waals surface area contributed by atoms with E-state index < -0.39 is 6.10 Å². The molecule has 2 atom stereocenters. The fraction of sp³-hybridized carbons (Fsp3) is 0.381. The third-order valence-electron chi connectivity index (χ3n) is 5.04. The highest BCUT2D eigenvalue weighted by atomic mass is 32.1. The molecule has 1 N–H and O–H groups in total. The highest BCUT2D eigenvalue weighted by Crippen LogP contribution is 2.24. The first-order valence-electron chi connectivity index (χ1n) is 9.41. The lowest BCUT2D eigenvalue weighted by atomic mass is 9.99. The minimum atomic E-state index is -0.544. The van der Waals surface area contributed by atoms with E-state index in [-0.39, 0.29) is 11.8 Å². The first-order chi connectivity index (χ1) is 13.5. The summed E-state index contributed by atoms with van der Waals surface area (Å²) in [5.74, 6) is -0.119. The lowest BCUT2D eigenvalue weighted by molar-refractivity contribution is 0.0759. The molecule has 0 saturated carbocycles. The van der Waals surface area contributed by atoms with E-state index in [1.807, 2.05) is 54.7 Å². The molecule has 0 spiro atoms. The Balaban J connectivity index is 1.43. The molecule has 28 heavy (non-hydrogen) atoms. The van der Waals surface area contributed by atoms with Gasteiger partial charge in [0, 0.05) is 42.0 Å². The number of aliphatic hydroxyl groups is 1. The van der Waals surface area contributed by atoms with E-state index in [1.165, 1.54) is 11.3 Å². The van der Waals surface area contributed by atoms with E-state index in [0.717, 1.165) is 28.1 Å². The summed E-state index contributed by atoms with van der Waals surface area (Å²) in [6.07, 6.45) is 0.107. The van der Waals surface area contributed by atoms with Crippen LogP contribution < -0.4 is 0 Å². The molecule has 7 heteroatoms. The van der Waals surface area contributed by atoms with Gasteiger partial charge < -0.3 is 14.9 Å². The van der Waals surface area contributed by atoms with Crippen molar-refractivity contribution >= 4 is 28.1 Å². The SMILES string of the molecule is CN(C)Cc1nc(C(=O)N2C[C@@H](Cc3ccc4ccccc4n3)[C@H](O)C2)cs1. The zero-order valence-corrected chi connectivity index (χ0v) is 16.9. The number of fused-ring (bicyclic) bond motifs is 1. The molecule has 1 aliphatic heterocycles. The molecule has 3 aromatic rings. The molecule has 0 aliphatic carbocycles. The van der Waals surface area contributed by atoms with Crippen molar-refractivity contribution in [2.75, 3.05) is 27.2 Å². The van der Waals surface area contributed by atoms with Crippen molar-refractivity contribution < 1.29 is 9.90 Å². The molecule has 1 amide bonds. The zero-order chi connectivity index (χ0) is 19.7. The number of nitrogens with zero attached hydrogens (tertiary/aromatic N) is 4. The molecule has 1 aromatic carbocycles. The quantitative estimate of drug-likeness (QED) is 0.717. The summed E-state index contributed by atoms with van der Waals surface area (Å²) < 4.78 is 0. The second-order valence-electron chi connectivity index (χ2n) is 7.60. The van der Waals surface area contributed by atoms with Crippen LogP contribution in [0.1, 0.15) is 21.2 Å². The summed E-state index contributed by atoms with van der Waals surface area (Å²) in [4.78, 5) is 25.7. The van der Waals surface area contributed by atoms with Crippen LogP contribution in [-0.4, -0.2) is 64.1 Å². The maximum absolute atomic E-state index is 12.8.